The van der Waals surface area contributed by atoms with Crippen LogP contribution in [-0.4, -0.2) is 29.0 Å². The van der Waals surface area contributed by atoms with Crippen LogP contribution in [0.25, 0.3) is 10.8 Å². The van der Waals surface area contributed by atoms with Gasteiger partial charge in [0, 0.05) is 11.1 Å². The lowest BCUT2D eigenvalue weighted by Gasteiger charge is -2.17. The minimum absolute atomic E-state index is 0.0223. The molecular weight excluding hydrogens is 658 g/mol. The minimum atomic E-state index is -1.12. The molecular formula is C42H37N3O7. The van der Waals surface area contributed by atoms with Crippen molar-refractivity contribution < 1.29 is 33.7 Å². The predicted octanol–water partition coefficient (Wildman–Crippen LogP) is 8.57. The molecule has 0 heterocycles. The first-order valence-corrected chi connectivity index (χ1v) is 16.6. The average Bonchev–Trinajstić information content (AvgIpc) is 3.14. The van der Waals surface area contributed by atoms with Crippen LogP contribution in [0.1, 0.15) is 56.0 Å². The van der Waals surface area contributed by atoms with Crippen LogP contribution < -0.4 is 30.6 Å². The van der Waals surface area contributed by atoms with Crippen molar-refractivity contribution in [1.29, 1.82) is 0 Å². The number of nitrogen functional groups attached to an aromatic ring is 1. The molecule has 6 aromatic rings. The fourth-order valence-corrected chi connectivity index (χ4v) is 5.41. The van der Waals surface area contributed by atoms with Gasteiger partial charge < -0.3 is 35.7 Å². The van der Waals surface area contributed by atoms with E-state index < -0.39 is 17.8 Å². The van der Waals surface area contributed by atoms with Gasteiger partial charge in [-0.05, 0) is 96.4 Å². The second-order valence-corrected chi connectivity index (χ2v) is 12.3. The second kappa shape index (κ2) is 15.8. The van der Waals surface area contributed by atoms with Gasteiger partial charge in [-0.1, -0.05) is 66.7 Å². The van der Waals surface area contributed by atoms with Crippen LogP contribution in [0.15, 0.2) is 127 Å². The lowest BCUT2D eigenvalue weighted by molar-refractivity contribution is 0.0695. The summed E-state index contributed by atoms with van der Waals surface area (Å²) >= 11 is 0. The molecule has 0 aliphatic carbocycles. The maximum atomic E-state index is 13.6. The Balaban J connectivity index is 1.26. The number of ether oxygens (including phenoxy) is 3. The summed E-state index contributed by atoms with van der Waals surface area (Å²) in [6.45, 7) is 4.03. The van der Waals surface area contributed by atoms with Gasteiger partial charge in [0.15, 0.2) is 0 Å². The topological polar surface area (TPSA) is 149 Å². The van der Waals surface area contributed by atoms with Crippen LogP contribution in [0.3, 0.4) is 0 Å². The van der Waals surface area contributed by atoms with Crippen LogP contribution in [0.5, 0.6) is 17.2 Å². The first kappa shape index (κ1) is 35.0. The number of nitrogens with two attached hydrogens (primary N) is 1. The lowest BCUT2D eigenvalue weighted by Crippen LogP contribution is -2.16. The summed E-state index contributed by atoms with van der Waals surface area (Å²) in [4.78, 5) is 38.7. The maximum Gasteiger partial charge on any atom is 0.335 e. The molecule has 0 fully saturated rings. The fraction of sp³-hybridized carbons (Fsp3) is 0.119. The van der Waals surface area contributed by atoms with Gasteiger partial charge in [-0.2, -0.15) is 0 Å². The molecule has 0 radical (unpaired) electrons. The maximum absolute atomic E-state index is 13.6. The van der Waals surface area contributed by atoms with Crippen molar-refractivity contribution >= 4 is 45.6 Å². The van der Waals surface area contributed by atoms with Crippen LogP contribution in [0, 0.1) is 0 Å². The molecule has 2 amide bonds. The molecule has 0 aromatic heterocycles. The molecule has 0 aliphatic heterocycles. The van der Waals surface area contributed by atoms with Crippen molar-refractivity contribution in [3.63, 3.8) is 0 Å². The monoisotopic (exact) mass is 695 g/mol. The molecule has 10 nitrogen and oxygen atoms in total. The molecule has 10 heteroatoms. The van der Waals surface area contributed by atoms with Crippen molar-refractivity contribution in [1.82, 2.24) is 0 Å². The van der Waals surface area contributed by atoms with Gasteiger partial charge in [0.05, 0.1) is 28.7 Å². The second-order valence-electron chi connectivity index (χ2n) is 12.3. The van der Waals surface area contributed by atoms with Crippen molar-refractivity contribution in [3.8, 4) is 17.2 Å². The number of hydrogen-bond donors (Lipinski definition) is 4. The van der Waals surface area contributed by atoms with Crippen LogP contribution in [-0.2, 0) is 13.2 Å². The number of carboxylic acids is 1. The third-order valence-electron chi connectivity index (χ3n) is 8.05. The largest absolute Gasteiger partial charge is 0.489 e. The molecule has 5 N–H and O–H groups in total. The van der Waals surface area contributed by atoms with E-state index in [1.165, 1.54) is 24.3 Å². The average molecular weight is 696 g/mol. The highest BCUT2D eigenvalue weighted by Crippen LogP contribution is 2.32. The van der Waals surface area contributed by atoms with Crippen LogP contribution >= 0.6 is 0 Å². The standard InChI is InChI=1S/C42H37N3O7/c1-26(2)52-39-23-33(42(48)49)16-19-36(39)45-41(47)32-15-18-35(38(22-32)51-25-28-12-13-29-10-6-7-11-30(29)20-28)44-40(46)31-14-17-34(43)37(21-31)50-24-27-8-4-3-5-9-27/h3-23,26H,24-25,43H2,1-2H3,(H,44,46)(H,45,47)(H,48,49). The lowest BCUT2D eigenvalue weighted by atomic mass is 10.1. The van der Waals surface area contributed by atoms with E-state index in [9.17, 15) is 19.5 Å². The molecule has 6 rings (SSSR count). The number of hydrogen-bond acceptors (Lipinski definition) is 7. The van der Waals surface area contributed by atoms with E-state index in [4.69, 9.17) is 19.9 Å². The molecule has 0 atom stereocenters. The Kier molecular flexibility index (Phi) is 10.7. The number of aromatic carboxylic acids is 1. The number of anilines is 3. The van der Waals surface area contributed by atoms with E-state index in [1.54, 1.807) is 44.2 Å². The minimum Gasteiger partial charge on any atom is -0.489 e. The number of rotatable bonds is 13. The highest BCUT2D eigenvalue weighted by Gasteiger charge is 2.18. The van der Waals surface area contributed by atoms with Gasteiger partial charge in [0.1, 0.15) is 30.5 Å². The quantitative estimate of drug-likeness (QED) is 0.0878. The highest BCUT2D eigenvalue weighted by atomic mass is 16.5. The summed E-state index contributed by atoms with van der Waals surface area (Å²) in [5.74, 6) is -1.21. The third kappa shape index (κ3) is 8.67. The Morgan fingerprint density at radius 3 is 1.85 bits per heavy atom. The summed E-state index contributed by atoms with van der Waals surface area (Å²) < 4.78 is 18.0. The Morgan fingerprint density at radius 2 is 1.15 bits per heavy atom. The fourth-order valence-electron chi connectivity index (χ4n) is 5.41. The molecule has 52 heavy (non-hydrogen) atoms. The number of carbonyl (C=O) groups is 3. The summed E-state index contributed by atoms with van der Waals surface area (Å²) in [6.07, 6.45) is -0.273. The molecule has 262 valence electrons. The molecule has 6 aromatic carbocycles. The van der Waals surface area contributed by atoms with Crippen LogP contribution in [0.2, 0.25) is 0 Å². The first-order valence-electron chi connectivity index (χ1n) is 16.6. The number of nitrogens with one attached hydrogen (secondary N) is 2. The first-order chi connectivity index (χ1) is 25.1. The van der Waals surface area contributed by atoms with Crippen molar-refractivity contribution in [2.24, 2.45) is 0 Å². The smallest absolute Gasteiger partial charge is 0.335 e. The molecule has 0 saturated carbocycles. The number of amides is 2. The van der Waals surface area contributed by atoms with Gasteiger partial charge in [-0.25, -0.2) is 4.79 Å². The van der Waals surface area contributed by atoms with Crippen molar-refractivity contribution in [3.05, 3.63) is 155 Å². The van der Waals surface area contributed by atoms with Gasteiger partial charge in [0.25, 0.3) is 11.8 Å². The summed E-state index contributed by atoms with van der Waals surface area (Å²) in [5.41, 5.74) is 9.59. The molecule has 0 bridgehead atoms. The van der Waals surface area contributed by atoms with E-state index in [1.807, 2.05) is 72.8 Å². The Hall–Kier alpha value is -6.81. The van der Waals surface area contributed by atoms with E-state index in [2.05, 4.69) is 10.6 Å². The summed E-state index contributed by atoms with van der Waals surface area (Å²) in [5, 5.41) is 17.3. The number of benzene rings is 6. The van der Waals surface area contributed by atoms with Crippen molar-refractivity contribution in [2.45, 2.75) is 33.2 Å². The zero-order valence-corrected chi connectivity index (χ0v) is 28.6. The van der Waals surface area contributed by atoms with Crippen LogP contribution in [0.4, 0.5) is 17.1 Å². The SMILES string of the molecule is CC(C)Oc1cc(C(=O)O)ccc1NC(=O)c1ccc(NC(=O)c2ccc(N)c(OCc3ccccc3)c2)c(OCc2ccc3ccccc3c2)c1. The summed E-state index contributed by atoms with van der Waals surface area (Å²) in [7, 11) is 0. The van der Waals surface area contributed by atoms with E-state index in [0.29, 0.717) is 28.4 Å². The van der Waals surface area contributed by atoms with Gasteiger partial charge >= 0.3 is 5.97 Å². The molecule has 0 spiro atoms. The molecule has 0 unspecified atom stereocenters. The van der Waals surface area contributed by atoms with Gasteiger partial charge in [0.2, 0.25) is 0 Å². The zero-order valence-electron chi connectivity index (χ0n) is 28.6. The number of fused-ring (bicyclic) bond motifs is 1. The highest BCUT2D eigenvalue weighted by molar-refractivity contribution is 6.08. The van der Waals surface area contributed by atoms with E-state index >= 15 is 0 Å². The Labute approximate surface area is 300 Å². The van der Waals surface area contributed by atoms with Gasteiger partial charge in [-0.3, -0.25) is 9.59 Å². The number of carboxylic acid groups (broad SMARTS) is 1. The molecule has 0 saturated heterocycles. The zero-order chi connectivity index (χ0) is 36.6. The molecule has 0 aliphatic rings. The Morgan fingerprint density at radius 1 is 0.596 bits per heavy atom. The predicted molar refractivity (Wildman–Crippen MR) is 201 cm³/mol. The van der Waals surface area contributed by atoms with Crippen molar-refractivity contribution in [2.75, 3.05) is 16.4 Å². The van der Waals surface area contributed by atoms with E-state index in [0.717, 1.165) is 21.9 Å². The normalized spacial score (nSPS) is 10.8. The number of carbonyl (C=O) groups excluding carboxylic acids is 2. The summed E-state index contributed by atoms with van der Waals surface area (Å²) in [6, 6.07) is 37.3. The van der Waals surface area contributed by atoms with Gasteiger partial charge in [-0.15, -0.1) is 0 Å². The third-order valence-corrected chi connectivity index (χ3v) is 8.05. The Bertz CT molecular complexity index is 2250. The van der Waals surface area contributed by atoms with E-state index in [-0.39, 0.29) is 41.9 Å².